The van der Waals surface area contributed by atoms with Gasteiger partial charge in [0.2, 0.25) is 0 Å². The Morgan fingerprint density at radius 3 is 2.79 bits per heavy atom. The van der Waals surface area contributed by atoms with Gasteiger partial charge >= 0.3 is 12.7 Å². The van der Waals surface area contributed by atoms with Crippen molar-refractivity contribution in [3.63, 3.8) is 0 Å². The molecule has 0 radical (unpaired) electrons. The quantitative estimate of drug-likeness (QED) is 0.792. The minimum Gasteiger partial charge on any atom is -0.465 e. The summed E-state index contributed by atoms with van der Waals surface area (Å²) in [6.07, 6.45) is -1.26. The molecule has 1 aromatic carbocycles. The van der Waals surface area contributed by atoms with Crippen LogP contribution in [0.4, 0.5) is 19.3 Å². The van der Waals surface area contributed by atoms with Crippen molar-refractivity contribution in [3.05, 3.63) is 24.3 Å². The van der Waals surface area contributed by atoms with E-state index in [4.69, 9.17) is 5.11 Å². The van der Waals surface area contributed by atoms with E-state index >= 15 is 0 Å². The Kier molecular flexibility index (Phi) is 3.22. The third kappa shape index (κ3) is 3.26. The van der Waals surface area contributed by atoms with Crippen molar-refractivity contribution in [2.45, 2.75) is 6.61 Å². The highest BCUT2D eigenvalue weighted by Crippen LogP contribution is 2.18. The maximum absolute atomic E-state index is 11.8. The Morgan fingerprint density at radius 1 is 1.50 bits per heavy atom. The van der Waals surface area contributed by atoms with E-state index in [0.29, 0.717) is 0 Å². The van der Waals surface area contributed by atoms with Gasteiger partial charge in [-0.05, 0) is 12.1 Å². The lowest BCUT2D eigenvalue weighted by Gasteiger charge is -2.05. The number of amides is 1. The number of halogens is 2. The molecule has 4 nitrogen and oxygen atoms in total. The summed E-state index contributed by atoms with van der Waals surface area (Å²) >= 11 is 0. The fourth-order valence-corrected chi connectivity index (χ4v) is 0.874. The van der Waals surface area contributed by atoms with Gasteiger partial charge in [0, 0.05) is 11.8 Å². The van der Waals surface area contributed by atoms with Crippen LogP contribution in [0.5, 0.6) is 5.75 Å². The maximum Gasteiger partial charge on any atom is 0.409 e. The molecule has 0 saturated heterocycles. The fourth-order valence-electron chi connectivity index (χ4n) is 0.874. The number of ether oxygens (including phenoxy) is 1. The van der Waals surface area contributed by atoms with E-state index in [-0.39, 0.29) is 11.4 Å². The van der Waals surface area contributed by atoms with Gasteiger partial charge in [-0.25, -0.2) is 4.79 Å². The summed E-state index contributed by atoms with van der Waals surface area (Å²) in [5, 5.41) is 10.3. The van der Waals surface area contributed by atoms with Gasteiger partial charge in [-0.1, -0.05) is 6.07 Å². The molecule has 0 saturated carbocycles. The van der Waals surface area contributed by atoms with Crippen molar-refractivity contribution in [1.82, 2.24) is 0 Å². The maximum atomic E-state index is 11.8. The van der Waals surface area contributed by atoms with Crippen LogP contribution in [0.2, 0.25) is 0 Å². The van der Waals surface area contributed by atoms with Crippen molar-refractivity contribution in [2.24, 2.45) is 0 Å². The van der Waals surface area contributed by atoms with E-state index in [9.17, 15) is 13.6 Å². The molecule has 1 aromatic rings. The molecule has 0 aliphatic heterocycles. The summed E-state index contributed by atoms with van der Waals surface area (Å²) in [5.41, 5.74) is 0.177. The van der Waals surface area contributed by atoms with Gasteiger partial charge in [-0.3, -0.25) is 5.32 Å². The van der Waals surface area contributed by atoms with Crippen molar-refractivity contribution in [1.29, 1.82) is 0 Å². The number of nitrogens with one attached hydrogen (secondary N) is 1. The van der Waals surface area contributed by atoms with Gasteiger partial charge in [0.05, 0.1) is 0 Å². The van der Waals surface area contributed by atoms with Gasteiger partial charge in [0.25, 0.3) is 0 Å². The van der Waals surface area contributed by atoms with Crippen LogP contribution in [-0.2, 0) is 0 Å². The topological polar surface area (TPSA) is 58.6 Å². The van der Waals surface area contributed by atoms with Gasteiger partial charge in [-0.15, -0.1) is 0 Å². The van der Waals surface area contributed by atoms with E-state index in [1.54, 1.807) is 0 Å². The summed E-state index contributed by atoms with van der Waals surface area (Å²) in [6.45, 7) is -2.92. The second-order valence-electron chi connectivity index (χ2n) is 2.34. The number of rotatable bonds is 3. The first-order chi connectivity index (χ1) is 6.58. The van der Waals surface area contributed by atoms with Gasteiger partial charge in [0.1, 0.15) is 5.75 Å². The van der Waals surface area contributed by atoms with Crippen LogP contribution in [0, 0.1) is 0 Å². The molecule has 0 heterocycles. The van der Waals surface area contributed by atoms with Crippen LogP contribution in [0.25, 0.3) is 0 Å². The Labute approximate surface area is 78.1 Å². The van der Waals surface area contributed by atoms with Crippen molar-refractivity contribution < 1.29 is 23.4 Å². The van der Waals surface area contributed by atoms with Crippen LogP contribution in [-0.4, -0.2) is 17.8 Å². The Morgan fingerprint density at radius 2 is 2.21 bits per heavy atom. The highest BCUT2D eigenvalue weighted by Gasteiger charge is 2.05. The number of carbonyl (C=O) groups is 1. The van der Waals surface area contributed by atoms with Crippen LogP contribution >= 0.6 is 0 Å². The minimum atomic E-state index is -2.92. The van der Waals surface area contributed by atoms with Gasteiger partial charge in [-0.2, -0.15) is 8.78 Å². The second kappa shape index (κ2) is 4.40. The second-order valence-corrected chi connectivity index (χ2v) is 2.34. The Bertz CT molecular complexity index is 330. The number of hydrogen-bond acceptors (Lipinski definition) is 2. The predicted octanol–water partition coefficient (Wildman–Crippen LogP) is 2.38. The molecule has 76 valence electrons. The lowest BCUT2D eigenvalue weighted by atomic mass is 10.3. The number of carboxylic acid groups (broad SMARTS) is 1. The highest BCUT2D eigenvalue weighted by molar-refractivity contribution is 5.83. The number of alkyl halides is 2. The molecular formula is C8H7F2NO3. The third-order valence-corrected chi connectivity index (χ3v) is 1.31. The molecule has 0 bridgehead atoms. The molecule has 1 amide bonds. The van der Waals surface area contributed by atoms with Crippen LogP contribution in [0.15, 0.2) is 24.3 Å². The average molecular weight is 203 g/mol. The zero-order chi connectivity index (χ0) is 10.6. The van der Waals surface area contributed by atoms with E-state index in [1.807, 2.05) is 5.32 Å². The Balaban J connectivity index is 2.73. The Hall–Kier alpha value is -1.85. The van der Waals surface area contributed by atoms with E-state index in [1.165, 1.54) is 24.3 Å². The molecule has 0 aromatic heterocycles. The molecule has 14 heavy (non-hydrogen) atoms. The monoisotopic (exact) mass is 203 g/mol. The average Bonchev–Trinajstić information content (AvgIpc) is 2.01. The molecule has 0 atom stereocenters. The van der Waals surface area contributed by atoms with E-state index in [2.05, 4.69) is 4.74 Å². The summed E-state index contributed by atoms with van der Waals surface area (Å²) in [7, 11) is 0. The minimum absolute atomic E-state index is 0.0914. The fraction of sp³-hybridized carbons (Fsp3) is 0.125. The lowest BCUT2D eigenvalue weighted by molar-refractivity contribution is -0.0497. The molecule has 2 N–H and O–H groups in total. The van der Waals surface area contributed by atoms with Crippen LogP contribution in [0.3, 0.4) is 0 Å². The molecule has 6 heteroatoms. The number of hydrogen-bond donors (Lipinski definition) is 2. The first-order valence-corrected chi connectivity index (χ1v) is 3.63. The van der Waals surface area contributed by atoms with Crippen molar-refractivity contribution in [3.8, 4) is 5.75 Å². The van der Waals surface area contributed by atoms with Crippen molar-refractivity contribution in [2.75, 3.05) is 5.32 Å². The summed E-state index contributed by atoms with van der Waals surface area (Å²) in [4.78, 5) is 10.2. The first kappa shape index (κ1) is 10.2. The van der Waals surface area contributed by atoms with Crippen LogP contribution in [0.1, 0.15) is 0 Å². The summed E-state index contributed by atoms with van der Waals surface area (Å²) in [5.74, 6) is -0.0914. The molecule has 1 rings (SSSR count). The summed E-state index contributed by atoms with van der Waals surface area (Å²) < 4.78 is 27.6. The van der Waals surface area contributed by atoms with Gasteiger partial charge < -0.3 is 9.84 Å². The van der Waals surface area contributed by atoms with Crippen molar-refractivity contribution >= 4 is 11.8 Å². The summed E-state index contributed by atoms with van der Waals surface area (Å²) in [6, 6.07) is 5.30. The first-order valence-electron chi connectivity index (χ1n) is 3.63. The third-order valence-electron chi connectivity index (χ3n) is 1.31. The molecule has 0 fully saturated rings. The predicted molar refractivity (Wildman–Crippen MR) is 44.7 cm³/mol. The SMILES string of the molecule is O=C(O)Nc1cccc(OC(F)F)c1. The molecular weight excluding hydrogens is 196 g/mol. The number of anilines is 1. The molecule has 0 aliphatic carbocycles. The van der Waals surface area contributed by atoms with Crippen LogP contribution < -0.4 is 10.1 Å². The standard InChI is InChI=1S/C8H7F2NO3/c9-7(10)14-6-3-1-2-5(4-6)11-8(12)13/h1-4,7,11H,(H,12,13). The highest BCUT2D eigenvalue weighted by atomic mass is 19.3. The normalized spacial score (nSPS) is 9.93. The largest absolute Gasteiger partial charge is 0.465 e. The smallest absolute Gasteiger partial charge is 0.409 e. The van der Waals surface area contributed by atoms with E-state index < -0.39 is 12.7 Å². The zero-order valence-electron chi connectivity index (χ0n) is 6.91. The van der Waals surface area contributed by atoms with Gasteiger partial charge in [0.15, 0.2) is 0 Å². The van der Waals surface area contributed by atoms with E-state index in [0.717, 1.165) is 0 Å². The molecule has 0 spiro atoms. The lowest BCUT2D eigenvalue weighted by Crippen LogP contribution is -2.07. The number of benzene rings is 1. The molecule has 0 unspecified atom stereocenters. The zero-order valence-corrected chi connectivity index (χ0v) is 6.91. The molecule has 0 aliphatic rings.